The summed E-state index contributed by atoms with van der Waals surface area (Å²) in [6.45, 7) is 5.61. The Hall–Kier alpha value is -1.03. The first-order valence-electron chi connectivity index (χ1n) is 7.48. The molecule has 0 fully saturated rings. The fraction of sp³-hybridized carbons (Fsp3) is 0.333. The fourth-order valence-corrected chi connectivity index (χ4v) is 2.63. The molecule has 0 aliphatic carbocycles. The van der Waals surface area contributed by atoms with Crippen LogP contribution < -0.4 is 10.1 Å². The summed E-state index contributed by atoms with van der Waals surface area (Å²) in [5, 5.41) is 4.23. The molecule has 0 saturated heterocycles. The van der Waals surface area contributed by atoms with E-state index >= 15 is 0 Å². The molecular weight excluding hydrogens is 362 g/mol. The van der Waals surface area contributed by atoms with E-state index in [4.69, 9.17) is 16.3 Å². The predicted molar refractivity (Wildman–Crippen MR) is 96.5 cm³/mol. The van der Waals surface area contributed by atoms with Crippen LogP contribution in [-0.2, 0) is 13.2 Å². The SMILES string of the molecule is CCC(C)NCc1cc(Br)ccc1OCc1ccccc1Cl. The summed E-state index contributed by atoms with van der Waals surface area (Å²) >= 11 is 9.70. The molecule has 22 heavy (non-hydrogen) atoms. The Morgan fingerprint density at radius 2 is 1.95 bits per heavy atom. The van der Waals surface area contributed by atoms with E-state index in [0.29, 0.717) is 12.6 Å². The topological polar surface area (TPSA) is 21.3 Å². The number of hydrogen-bond donors (Lipinski definition) is 1. The van der Waals surface area contributed by atoms with Crippen molar-refractivity contribution in [3.8, 4) is 5.75 Å². The molecule has 2 aromatic carbocycles. The van der Waals surface area contributed by atoms with Crippen molar-refractivity contribution >= 4 is 27.5 Å². The molecule has 1 unspecified atom stereocenters. The van der Waals surface area contributed by atoms with Gasteiger partial charge in [0.15, 0.2) is 0 Å². The Morgan fingerprint density at radius 1 is 1.18 bits per heavy atom. The highest BCUT2D eigenvalue weighted by atomic mass is 79.9. The number of benzene rings is 2. The van der Waals surface area contributed by atoms with Crippen LogP contribution in [0.2, 0.25) is 5.02 Å². The molecule has 0 amide bonds. The summed E-state index contributed by atoms with van der Waals surface area (Å²) in [6, 6.07) is 14.3. The molecule has 1 atom stereocenters. The van der Waals surface area contributed by atoms with Crippen molar-refractivity contribution in [1.82, 2.24) is 5.32 Å². The molecule has 2 rings (SSSR count). The summed E-state index contributed by atoms with van der Waals surface area (Å²) in [5.41, 5.74) is 2.13. The molecule has 1 N–H and O–H groups in total. The number of halogens is 2. The summed E-state index contributed by atoms with van der Waals surface area (Å²) in [6.07, 6.45) is 1.10. The minimum Gasteiger partial charge on any atom is -0.489 e. The van der Waals surface area contributed by atoms with Crippen LogP contribution in [0.5, 0.6) is 5.75 Å². The smallest absolute Gasteiger partial charge is 0.124 e. The molecule has 2 nitrogen and oxygen atoms in total. The second kappa shape index (κ2) is 8.56. The van der Waals surface area contributed by atoms with Gasteiger partial charge in [0, 0.05) is 33.2 Å². The lowest BCUT2D eigenvalue weighted by molar-refractivity contribution is 0.301. The Kier molecular flexibility index (Phi) is 6.74. The van der Waals surface area contributed by atoms with Crippen LogP contribution in [0.3, 0.4) is 0 Å². The number of ether oxygens (including phenoxy) is 1. The third-order valence-corrected chi connectivity index (χ3v) is 4.48. The van der Waals surface area contributed by atoms with Gasteiger partial charge < -0.3 is 10.1 Å². The number of hydrogen-bond acceptors (Lipinski definition) is 2. The monoisotopic (exact) mass is 381 g/mol. The standard InChI is InChI=1S/C18H21BrClNO/c1-3-13(2)21-11-15-10-16(19)8-9-18(15)22-12-14-6-4-5-7-17(14)20/h4-10,13,21H,3,11-12H2,1-2H3. The maximum atomic E-state index is 6.18. The fourth-order valence-electron chi connectivity index (χ4n) is 2.03. The molecule has 0 aromatic heterocycles. The van der Waals surface area contributed by atoms with E-state index in [-0.39, 0.29) is 0 Å². The minimum atomic E-state index is 0.470. The Balaban J connectivity index is 2.08. The Morgan fingerprint density at radius 3 is 2.68 bits per heavy atom. The van der Waals surface area contributed by atoms with Gasteiger partial charge >= 0.3 is 0 Å². The van der Waals surface area contributed by atoms with Gasteiger partial charge in [0.2, 0.25) is 0 Å². The Bertz CT molecular complexity index is 618. The molecule has 118 valence electrons. The molecule has 0 aliphatic rings. The molecule has 0 aliphatic heterocycles. The van der Waals surface area contributed by atoms with Gasteiger partial charge in [-0.25, -0.2) is 0 Å². The second-order valence-electron chi connectivity index (χ2n) is 5.32. The molecule has 0 spiro atoms. The molecule has 0 radical (unpaired) electrons. The van der Waals surface area contributed by atoms with E-state index in [1.165, 1.54) is 0 Å². The lowest BCUT2D eigenvalue weighted by Crippen LogP contribution is -2.24. The zero-order chi connectivity index (χ0) is 15.9. The van der Waals surface area contributed by atoms with E-state index in [0.717, 1.165) is 39.3 Å². The van der Waals surface area contributed by atoms with Crippen LogP contribution in [0.4, 0.5) is 0 Å². The number of rotatable bonds is 7. The van der Waals surface area contributed by atoms with Crippen molar-refractivity contribution in [3.05, 3.63) is 63.1 Å². The van der Waals surface area contributed by atoms with Gasteiger partial charge in [0.1, 0.15) is 12.4 Å². The van der Waals surface area contributed by atoms with Crippen molar-refractivity contribution in [1.29, 1.82) is 0 Å². The molecule has 2 aromatic rings. The average molecular weight is 383 g/mol. The molecular formula is C18H21BrClNO. The van der Waals surface area contributed by atoms with Gasteiger partial charge in [-0.05, 0) is 37.6 Å². The van der Waals surface area contributed by atoms with Crippen molar-refractivity contribution in [2.45, 2.75) is 39.5 Å². The van der Waals surface area contributed by atoms with Crippen molar-refractivity contribution in [3.63, 3.8) is 0 Å². The maximum Gasteiger partial charge on any atom is 0.124 e. The lowest BCUT2D eigenvalue weighted by atomic mass is 10.1. The van der Waals surface area contributed by atoms with Crippen LogP contribution in [0.1, 0.15) is 31.4 Å². The van der Waals surface area contributed by atoms with Crippen LogP contribution >= 0.6 is 27.5 Å². The summed E-state index contributed by atoms with van der Waals surface area (Å²) in [5.74, 6) is 0.888. The van der Waals surface area contributed by atoms with Crippen molar-refractivity contribution in [2.24, 2.45) is 0 Å². The van der Waals surface area contributed by atoms with Crippen LogP contribution in [0.15, 0.2) is 46.9 Å². The highest BCUT2D eigenvalue weighted by Crippen LogP contribution is 2.25. The largest absolute Gasteiger partial charge is 0.489 e. The predicted octanol–water partition coefficient (Wildman–Crippen LogP) is 5.57. The first-order valence-corrected chi connectivity index (χ1v) is 8.65. The zero-order valence-corrected chi connectivity index (χ0v) is 15.2. The zero-order valence-electron chi connectivity index (χ0n) is 12.9. The van der Waals surface area contributed by atoms with Crippen LogP contribution in [0.25, 0.3) is 0 Å². The highest BCUT2D eigenvalue weighted by Gasteiger charge is 2.08. The summed E-state index contributed by atoms with van der Waals surface area (Å²) in [7, 11) is 0. The highest BCUT2D eigenvalue weighted by molar-refractivity contribution is 9.10. The lowest BCUT2D eigenvalue weighted by Gasteiger charge is -2.16. The van der Waals surface area contributed by atoms with Gasteiger partial charge in [-0.15, -0.1) is 0 Å². The molecule has 4 heteroatoms. The van der Waals surface area contributed by atoms with Gasteiger partial charge in [-0.2, -0.15) is 0 Å². The normalized spacial score (nSPS) is 12.2. The third kappa shape index (κ3) is 5.01. The quantitative estimate of drug-likeness (QED) is 0.676. The van der Waals surface area contributed by atoms with E-state index in [1.807, 2.05) is 36.4 Å². The van der Waals surface area contributed by atoms with E-state index in [9.17, 15) is 0 Å². The first kappa shape index (κ1) is 17.3. The molecule has 0 saturated carbocycles. The third-order valence-electron chi connectivity index (χ3n) is 3.62. The van der Waals surface area contributed by atoms with Crippen molar-refractivity contribution in [2.75, 3.05) is 0 Å². The average Bonchev–Trinajstić information content (AvgIpc) is 2.53. The molecule has 0 heterocycles. The van der Waals surface area contributed by atoms with Crippen molar-refractivity contribution < 1.29 is 4.74 Å². The minimum absolute atomic E-state index is 0.470. The summed E-state index contributed by atoms with van der Waals surface area (Å²) in [4.78, 5) is 0. The van der Waals surface area contributed by atoms with E-state index < -0.39 is 0 Å². The second-order valence-corrected chi connectivity index (χ2v) is 6.65. The van der Waals surface area contributed by atoms with Gasteiger partial charge in [0.25, 0.3) is 0 Å². The van der Waals surface area contributed by atoms with Crippen LogP contribution in [-0.4, -0.2) is 6.04 Å². The van der Waals surface area contributed by atoms with E-state index in [1.54, 1.807) is 0 Å². The summed E-state index contributed by atoms with van der Waals surface area (Å²) < 4.78 is 7.03. The van der Waals surface area contributed by atoms with Gasteiger partial charge in [-0.3, -0.25) is 0 Å². The number of nitrogens with one attached hydrogen (secondary N) is 1. The van der Waals surface area contributed by atoms with Gasteiger partial charge in [-0.1, -0.05) is 52.7 Å². The first-order chi connectivity index (χ1) is 10.6. The maximum absolute atomic E-state index is 6.18. The van der Waals surface area contributed by atoms with Crippen LogP contribution in [0, 0.1) is 0 Å². The van der Waals surface area contributed by atoms with Gasteiger partial charge in [0.05, 0.1) is 0 Å². The van der Waals surface area contributed by atoms with E-state index in [2.05, 4.69) is 41.2 Å². The molecule has 0 bridgehead atoms. The Labute approximate surface area is 146 Å².